The third kappa shape index (κ3) is 6.42. The van der Waals surface area contributed by atoms with Crippen molar-refractivity contribution in [2.75, 3.05) is 14.2 Å². The molecular weight excluding hydrogens is 516 g/mol. The van der Waals surface area contributed by atoms with E-state index in [-0.39, 0.29) is 42.5 Å². The number of hydrogen-bond acceptors (Lipinski definition) is 4. The summed E-state index contributed by atoms with van der Waals surface area (Å²) in [6.07, 6.45) is 0. The number of rotatable bonds is 6. The van der Waals surface area contributed by atoms with Crippen LogP contribution < -0.4 is 15.8 Å². The molecule has 6 nitrogen and oxygen atoms in total. The average molecular weight is 538 g/mol. The van der Waals surface area contributed by atoms with E-state index in [0.717, 1.165) is 11.1 Å². The summed E-state index contributed by atoms with van der Waals surface area (Å²) in [6.45, 7) is 2.20. The summed E-state index contributed by atoms with van der Waals surface area (Å²) < 4.78 is 9.94. The maximum absolute atomic E-state index is 11.8. The maximum atomic E-state index is 11.8. The Labute approximate surface area is 191 Å². The van der Waals surface area contributed by atoms with Crippen LogP contribution in [0.25, 0.3) is 0 Å². The second-order valence-corrected chi connectivity index (χ2v) is 6.60. The minimum atomic E-state index is -0.477. The molecule has 0 aliphatic rings. The minimum Gasteiger partial charge on any atom is -0.496 e. The summed E-state index contributed by atoms with van der Waals surface area (Å²) in [6, 6.07) is 10.3. The van der Waals surface area contributed by atoms with Crippen LogP contribution in [-0.2, 0) is 11.3 Å². The fraction of sp³-hybridized carbons (Fsp3) is 0.263. The second-order valence-electron chi connectivity index (χ2n) is 5.76. The lowest BCUT2D eigenvalue weighted by atomic mass is 10.1. The molecule has 2 rings (SSSR count). The quantitative estimate of drug-likeness (QED) is 0.244. The van der Waals surface area contributed by atoms with Crippen LogP contribution in [0.15, 0.2) is 41.4 Å². The number of nitrogens with zero attached hydrogens (tertiary/aromatic N) is 1. The summed E-state index contributed by atoms with van der Waals surface area (Å²) in [5, 5.41) is 4.20. The van der Waals surface area contributed by atoms with Gasteiger partial charge in [0.05, 0.1) is 26.8 Å². The first kappa shape index (κ1) is 24.3. The molecule has 1 unspecified atom stereocenters. The van der Waals surface area contributed by atoms with Gasteiger partial charge in [-0.05, 0) is 42.3 Å². The molecule has 1 atom stereocenters. The number of nitrogens with one attached hydrogen (secondary N) is 1. The molecule has 0 saturated heterocycles. The summed E-state index contributed by atoms with van der Waals surface area (Å²) in [5.74, 6) is 0.213. The Balaban J connectivity index is 0.00000392. The monoisotopic (exact) mass is 537 g/mol. The van der Waals surface area contributed by atoms with Gasteiger partial charge in [-0.25, -0.2) is 9.79 Å². The van der Waals surface area contributed by atoms with Gasteiger partial charge in [0.25, 0.3) is 0 Å². The lowest BCUT2D eigenvalue weighted by Crippen LogP contribution is -2.34. The van der Waals surface area contributed by atoms with E-state index < -0.39 is 5.97 Å². The maximum Gasteiger partial charge on any atom is 0.341 e. The van der Waals surface area contributed by atoms with Crippen LogP contribution in [0.4, 0.5) is 0 Å². The fourth-order valence-corrected chi connectivity index (χ4v) is 3.07. The van der Waals surface area contributed by atoms with Gasteiger partial charge in [0, 0.05) is 10.0 Å². The molecule has 2 aromatic rings. The van der Waals surface area contributed by atoms with Gasteiger partial charge in [-0.3, -0.25) is 0 Å². The molecule has 0 amide bonds. The smallest absolute Gasteiger partial charge is 0.341 e. The third-order valence-electron chi connectivity index (χ3n) is 3.89. The standard InChI is InChI=1S/C19H21Cl2N3O3.HI/c1-11(14-6-5-13(20)9-16(14)21)24-19(22)23-10-12-4-7-17(26-2)15(8-12)18(25)27-3;/h4-9,11H,10H2,1-3H3,(H3,22,23,24);1H. The normalized spacial score (nSPS) is 12.0. The molecule has 28 heavy (non-hydrogen) atoms. The van der Waals surface area contributed by atoms with Crippen molar-refractivity contribution < 1.29 is 14.3 Å². The first-order valence-electron chi connectivity index (χ1n) is 8.12. The molecule has 0 spiro atoms. The van der Waals surface area contributed by atoms with Gasteiger partial charge in [0.15, 0.2) is 5.96 Å². The van der Waals surface area contributed by atoms with E-state index in [4.69, 9.17) is 38.4 Å². The van der Waals surface area contributed by atoms with Crippen molar-refractivity contribution >= 4 is 59.1 Å². The Bertz CT molecular complexity index is 862. The van der Waals surface area contributed by atoms with E-state index in [1.165, 1.54) is 14.2 Å². The third-order valence-corrected chi connectivity index (χ3v) is 4.46. The van der Waals surface area contributed by atoms with Crippen molar-refractivity contribution in [2.45, 2.75) is 19.5 Å². The molecule has 9 heteroatoms. The molecule has 0 aromatic heterocycles. The molecule has 0 heterocycles. The predicted molar refractivity (Wildman–Crippen MR) is 123 cm³/mol. The zero-order valence-electron chi connectivity index (χ0n) is 15.7. The van der Waals surface area contributed by atoms with E-state index in [2.05, 4.69) is 10.3 Å². The molecule has 0 fully saturated rings. The highest BCUT2D eigenvalue weighted by Crippen LogP contribution is 2.26. The van der Waals surface area contributed by atoms with Gasteiger partial charge < -0.3 is 20.5 Å². The lowest BCUT2D eigenvalue weighted by molar-refractivity contribution is 0.0597. The first-order chi connectivity index (χ1) is 12.8. The second kappa shape index (κ2) is 11.3. The molecule has 0 radical (unpaired) electrons. The number of carbonyl (C=O) groups is 1. The van der Waals surface area contributed by atoms with Gasteiger partial charge in [0.2, 0.25) is 0 Å². The molecule has 152 valence electrons. The van der Waals surface area contributed by atoms with E-state index in [1.54, 1.807) is 24.3 Å². The highest BCUT2D eigenvalue weighted by atomic mass is 127. The van der Waals surface area contributed by atoms with E-state index in [9.17, 15) is 4.79 Å². The van der Waals surface area contributed by atoms with Crippen LogP contribution in [0.1, 0.15) is 34.5 Å². The predicted octanol–water partition coefficient (Wildman–Crippen LogP) is 4.57. The highest BCUT2D eigenvalue weighted by Gasteiger charge is 2.14. The molecule has 0 saturated carbocycles. The average Bonchev–Trinajstić information content (AvgIpc) is 2.65. The van der Waals surface area contributed by atoms with Crippen LogP contribution >= 0.6 is 47.2 Å². The van der Waals surface area contributed by atoms with Gasteiger partial charge in [-0.2, -0.15) is 0 Å². The molecule has 0 aliphatic heterocycles. The number of benzene rings is 2. The number of esters is 1. The van der Waals surface area contributed by atoms with Crippen LogP contribution in [0.3, 0.4) is 0 Å². The highest BCUT2D eigenvalue weighted by molar-refractivity contribution is 14.0. The van der Waals surface area contributed by atoms with E-state index >= 15 is 0 Å². The van der Waals surface area contributed by atoms with E-state index in [0.29, 0.717) is 21.4 Å². The number of guanidine groups is 1. The van der Waals surface area contributed by atoms with Crippen molar-refractivity contribution in [2.24, 2.45) is 10.7 Å². The zero-order chi connectivity index (χ0) is 20.0. The number of methoxy groups -OCH3 is 2. The van der Waals surface area contributed by atoms with Crippen molar-refractivity contribution in [1.82, 2.24) is 5.32 Å². The van der Waals surface area contributed by atoms with E-state index in [1.807, 2.05) is 19.1 Å². The van der Waals surface area contributed by atoms with Gasteiger partial charge in [0.1, 0.15) is 11.3 Å². The van der Waals surface area contributed by atoms with Crippen molar-refractivity contribution in [3.8, 4) is 5.75 Å². The van der Waals surface area contributed by atoms with Crippen molar-refractivity contribution in [3.05, 3.63) is 63.1 Å². The molecule has 3 N–H and O–H groups in total. The summed E-state index contributed by atoms with van der Waals surface area (Å²) >= 11 is 12.1. The van der Waals surface area contributed by atoms with Crippen LogP contribution in [0, 0.1) is 0 Å². The van der Waals surface area contributed by atoms with Gasteiger partial charge in [-0.1, -0.05) is 35.3 Å². The lowest BCUT2D eigenvalue weighted by Gasteiger charge is -2.16. The summed E-state index contributed by atoms with van der Waals surface area (Å²) in [7, 11) is 2.81. The number of hydrogen-bond donors (Lipinski definition) is 2. The molecule has 2 aromatic carbocycles. The van der Waals surface area contributed by atoms with Crippen LogP contribution in [0.2, 0.25) is 10.0 Å². The largest absolute Gasteiger partial charge is 0.496 e. The Morgan fingerprint density at radius 3 is 2.54 bits per heavy atom. The number of aliphatic imine (C=N–C) groups is 1. The van der Waals surface area contributed by atoms with Crippen LogP contribution in [0.5, 0.6) is 5.75 Å². The fourth-order valence-electron chi connectivity index (χ4n) is 2.50. The molecule has 0 bridgehead atoms. The number of ether oxygens (including phenoxy) is 2. The van der Waals surface area contributed by atoms with Crippen LogP contribution in [-0.4, -0.2) is 26.1 Å². The summed E-state index contributed by atoms with van der Waals surface area (Å²) in [5.41, 5.74) is 7.96. The summed E-state index contributed by atoms with van der Waals surface area (Å²) in [4.78, 5) is 16.2. The minimum absolute atomic E-state index is 0. The van der Waals surface area contributed by atoms with Gasteiger partial charge in [-0.15, -0.1) is 24.0 Å². The molecule has 0 aliphatic carbocycles. The van der Waals surface area contributed by atoms with Crippen molar-refractivity contribution in [3.63, 3.8) is 0 Å². The topological polar surface area (TPSA) is 85.9 Å². The number of nitrogens with two attached hydrogens (primary N) is 1. The Hall–Kier alpha value is -1.71. The number of carbonyl (C=O) groups excluding carboxylic acids is 1. The Morgan fingerprint density at radius 2 is 1.93 bits per heavy atom. The van der Waals surface area contributed by atoms with Crippen molar-refractivity contribution in [1.29, 1.82) is 0 Å². The zero-order valence-corrected chi connectivity index (χ0v) is 19.5. The first-order valence-corrected chi connectivity index (χ1v) is 8.88. The number of halogens is 3. The Kier molecular flexibility index (Phi) is 9.84. The SMILES string of the molecule is COC(=O)c1cc(CN=C(N)NC(C)c2ccc(Cl)cc2Cl)ccc1OC.I. The van der Waals surface area contributed by atoms with Gasteiger partial charge >= 0.3 is 5.97 Å². The Morgan fingerprint density at radius 1 is 1.21 bits per heavy atom. The molecular formula is C19H22Cl2IN3O3.